The van der Waals surface area contributed by atoms with Gasteiger partial charge in [0.1, 0.15) is 6.04 Å². The number of hydrogen-bond donors (Lipinski definition) is 2. The van der Waals surface area contributed by atoms with E-state index in [1.54, 1.807) is 12.1 Å². The molecular formula is C14H17ClN2O4. The summed E-state index contributed by atoms with van der Waals surface area (Å²) in [5.74, 6) is -1.77. The van der Waals surface area contributed by atoms with Gasteiger partial charge in [0.05, 0.1) is 0 Å². The zero-order chi connectivity index (χ0) is 16.0. The molecule has 0 heterocycles. The van der Waals surface area contributed by atoms with E-state index in [9.17, 15) is 14.4 Å². The summed E-state index contributed by atoms with van der Waals surface area (Å²) in [4.78, 5) is 35.6. The molecule has 0 saturated carbocycles. The van der Waals surface area contributed by atoms with Crippen LogP contribution in [0.15, 0.2) is 24.3 Å². The summed E-state index contributed by atoms with van der Waals surface area (Å²) < 4.78 is 0. The number of benzene rings is 1. The van der Waals surface area contributed by atoms with Gasteiger partial charge in [0.25, 0.3) is 5.91 Å². The standard InChI is InChI=1S/C14H17ClN2O4/c1-9(14(20)21)17(8-7-16-10(2)18)13(19)11-3-5-12(15)6-4-11/h3-6,9H,7-8H2,1-2H3,(H,16,18)(H,20,21). The number of carboxylic acid groups (broad SMARTS) is 1. The molecule has 0 aromatic heterocycles. The number of hydrogen-bond acceptors (Lipinski definition) is 3. The predicted molar refractivity (Wildman–Crippen MR) is 78.3 cm³/mol. The Balaban J connectivity index is 2.88. The minimum absolute atomic E-state index is 0.106. The number of carbonyl (C=O) groups excluding carboxylic acids is 2. The SMILES string of the molecule is CC(=O)NCCN(C(=O)c1ccc(Cl)cc1)C(C)C(=O)O. The van der Waals surface area contributed by atoms with Crippen molar-refractivity contribution in [1.82, 2.24) is 10.2 Å². The van der Waals surface area contributed by atoms with Gasteiger partial charge in [-0.25, -0.2) is 4.79 Å². The lowest BCUT2D eigenvalue weighted by Crippen LogP contribution is -2.46. The number of nitrogens with zero attached hydrogens (tertiary/aromatic N) is 1. The van der Waals surface area contributed by atoms with Crippen molar-refractivity contribution in [2.75, 3.05) is 13.1 Å². The third-order valence-corrected chi connectivity index (χ3v) is 3.16. The van der Waals surface area contributed by atoms with Crippen molar-refractivity contribution in [1.29, 1.82) is 0 Å². The number of nitrogens with one attached hydrogen (secondary N) is 1. The highest BCUT2D eigenvalue weighted by Crippen LogP contribution is 2.13. The third-order valence-electron chi connectivity index (χ3n) is 2.90. The van der Waals surface area contributed by atoms with E-state index >= 15 is 0 Å². The largest absolute Gasteiger partial charge is 0.480 e. The van der Waals surface area contributed by atoms with Crippen LogP contribution in [0.3, 0.4) is 0 Å². The maximum atomic E-state index is 12.4. The van der Waals surface area contributed by atoms with Gasteiger partial charge in [0.2, 0.25) is 5.91 Å². The Kier molecular flexibility index (Phi) is 6.17. The van der Waals surface area contributed by atoms with Crippen molar-refractivity contribution < 1.29 is 19.5 Å². The molecule has 0 fully saturated rings. The normalized spacial score (nSPS) is 11.6. The van der Waals surface area contributed by atoms with Crippen LogP contribution < -0.4 is 5.32 Å². The Bertz CT molecular complexity index is 530. The van der Waals surface area contributed by atoms with Crippen molar-refractivity contribution in [3.8, 4) is 0 Å². The summed E-state index contributed by atoms with van der Waals surface area (Å²) in [6.45, 7) is 3.07. The second kappa shape index (κ2) is 7.64. The van der Waals surface area contributed by atoms with Crippen LogP contribution in [0.5, 0.6) is 0 Å². The van der Waals surface area contributed by atoms with Gasteiger partial charge in [-0.15, -0.1) is 0 Å². The topological polar surface area (TPSA) is 86.7 Å². The zero-order valence-corrected chi connectivity index (χ0v) is 12.6. The molecule has 1 atom stereocenters. The number of halogens is 1. The van der Waals surface area contributed by atoms with Crippen LogP contribution in [0.4, 0.5) is 0 Å². The lowest BCUT2D eigenvalue weighted by atomic mass is 10.1. The van der Waals surface area contributed by atoms with E-state index in [0.717, 1.165) is 0 Å². The van der Waals surface area contributed by atoms with E-state index in [2.05, 4.69) is 5.32 Å². The molecule has 0 aliphatic carbocycles. The quantitative estimate of drug-likeness (QED) is 0.831. The van der Waals surface area contributed by atoms with Crippen LogP contribution in [-0.2, 0) is 9.59 Å². The van der Waals surface area contributed by atoms with Crippen LogP contribution >= 0.6 is 11.6 Å². The number of aliphatic carboxylic acids is 1. The summed E-state index contributed by atoms with van der Waals surface area (Å²) >= 11 is 5.76. The minimum Gasteiger partial charge on any atom is -0.480 e. The van der Waals surface area contributed by atoms with Gasteiger partial charge < -0.3 is 15.3 Å². The molecule has 7 heteroatoms. The maximum absolute atomic E-state index is 12.4. The van der Waals surface area contributed by atoms with Crippen molar-refractivity contribution in [3.05, 3.63) is 34.9 Å². The summed E-state index contributed by atoms with van der Waals surface area (Å²) in [6.07, 6.45) is 0. The Morgan fingerprint density at radius 1 is 1.29 bits per heavy atom. The zero-order valence-electron chi connectivity index (χ0n) is 11.8. The van der Waals surface area contributed by atoms with E-state index in [0.29, 0.717) is 10.6 Å². The summed E-state index contributed by atoms with van der Waals surface area (Å²) in [6, 6.07) is 5.19. The van der Waals surface area contributed by atoms with Crippen molar-refractivity contribution in [3.63, 3.8) is 0 Å². The molecule has 1 rings (SSSR count). The first-order valence-electron chi connectivity index (χ1n) is 6.36. The van der Waals surface area contributed by atoms with E-state index in [-0.39, 0.29) is 19.0 Å². The van der Waals surface area contributed by atoms with E-state index < -0.39 is 17.9 Å². The van der Waals surface area contributed by atoms with Gasteiger partial charge in [-0.3, -0.25) is 9.59 Å². The van der Waals surface area contributed by atoms with Crippen molar-refractivity contribution in [2.45, 2.75) is 19.9 Å². The third kappa shape index (κ3) is 5.07. The first kappa shape index (κ1) is 17.0. The highest BCUT2D eigenvalue weighted by Gasteiger charge is 2.26. The van der Waals surface area contributed by atoms with Crippen LogP contribution in [0.2, 0.25) is 5.02 Å². The van der Waals surface area contributed by atoms with Gasteiger partial charge in [0, 0.05) is 30.6 Å². The van der Waals surface area contributed by atoms with E-state index in [1.165, 1.54) is 30.9 Å². The Morgan fingerprint density at radius 2 is 1.86 bits per heavy atom. The smallest absolute Gasteiger partial charge is 0.326 e. The van der Waals surface area contributed by atoms with Gasteiger partial charge in [-0.2, -0.15) is 0 Å². The molecule has 114 valence electrons. The van der Waals surface area contributed by atoms with Crippen LogP contribution in [0.25, 0.3) is 0 Å². The van der Waals surface area contributed by atoms with Crippen LogP contribution in [0.1, 0.15) is 24.2 Å². The second-order valence-corrected chi connectivity index (χ2v) is 4.94. The van der Waals surface area contributed by atoms with Gasteiger partial charge in [-0.1, -0.05) is 11.6 Å². The Labute approximate surface area is 127 Å². The fourth-order valence-corrected chi connectivity index (χ4v) is 1.84. The molecular weight excluding hydrogens is 296 g/mol. The molecule has 1 unspecified atom stereocenters. The molecule has 0 spiro atoms. The molecule has 0 aliphatic heterocycles. The molecule has 2 amide bonds. The van der Waals surface area contributed by atoms with Crippen LogP contribution in [-0.4, -0.2) is 46.9 Å². The average molecular weight is 313 g/mol. The molecule has 0 saturated heterocycles. The maximum Gasteiger partial charge on any atom is 0.326 e. The molecule has 21 heavy (non-hydrogen) atoms. The number of carbonyl (C=O) groups is 3. The monoisotopic (exact) mass is 312 g/mol. The summed E-state index contributed by atoms with van der Waals surface area (Å²) in [5, 5.41) is 12.1. The van der Waals surface area contributed by atoms with Crippen molar-refractivity contribution >= 4 is 29.4 Å². The average Bonchev–Trinajstić information content (AvgIpc) is 2.42. The number of amides is 2. The number of rotatable bonds is 6. The fraction of sp³-hybridized carbons (Fsp3) is 0.357. The fourth-order valence-electron chi connectivity index (χ4n) is 1.72. The lowest BCUT2D eigenvalue weighted by Gasteiger charge is -2.26. The molecule has 1 aromatic carbocycles. The summed E-state index contributed by atoms with van der Waals surface area (Å²) in [5.41, 5.74) is 0.343. The molecule has 6 nitrogen and oxygen atoms in total. The molecule has 0 radical (unpaired) electrons. The van der Waals surface area contributed by atoms with Gasteiger partial charge in [0.15, 0.2) is 0 Å². The highest BCUT2D eigenvalue weighted by molar-refractivity contribution is 6.30. The first-order chi connectivity index (χ1) is 9.82. The molecule has 0 bridgehead atoms. The van der Waals surface area contributed by atoms with Gasteiger partial charge in [-0.05, 0) is 31.2 Å². The van der Waals surface area contributed by atoms with Crippen molar-refractivity contribution in [2.24, 2.45) is 0 Å². The second-order valence-electron chi connectivity index (χ2n) is 4.50. The Morgan fingerprint density at radius 3 is 2.33 bits per heavy atom. The first-order valence-corrected chi connectivity index (χ1v) is 6.74. The number of carboxylic acids is 1. The molecule has 1 aromatic rings. The summed E-state index contributed by atoms with van der Waals surface area (Å²) in [7, 11) is 0. The van der Waals surface area contributed by atoms with E-state index in [1.807, 2.05) is 0 Å². The molecule has 2 N–H and O–H groups in total. The highest BCUT2D eigenvalue weighted by atomic mass is 35.5. The Hall–Kier alpha value is -2.08. The van der Waals surface area contributed by atoms with Crippen LogP contribution in [0, 0.1) is 0 Å². The molecule has 0 aliphatic rings. The van der Waals surface area contributed by atoms with E-state index in [4.69, 9.17) is 16.7 Å². The minimum atomic E-state index is -1.11. The predicted octanol–water partition coefficient (Wildman–Crippen LogP) is 1.39. The van der Waals surface area contributed by atoms with Gasteiger partial charge >= 0.3 is 5.97 Å². The lowest BCUT2D eigenvalue weighted by molar-refractivity contribution is -0.141.